The molecule has 0 aromatic carbocycles. The highest BCUT2D eigenvalue weighted by molar-refractivity contribution is 5.76. The van der Waals surface area contributed by atoms with Crippen LogP contribution in [0.4, 0.5) is 0 Å². The summed E-state index contributed by atoms with van der Waals surface area (Å²) in [5, 5.41) is 2.49. The molecule has 17 heavy (non-hydrogen) atoms. The van der Waals surface area contributed by atoms with E-state index >= 15 is 0 Å². The fourth-order valence-corrected chi connectivity index (χ4v) is 1.08. The van der Waals surface area contributed by atoms with Crippen molar-refractivity contribution in [3.05, 3.63) is 0 Å². The van der Waals surface area contributed by atoms with Gasteiger partial charge in [-0.25, -0.2) is 0 Å². The van der Waals surface area contributed by atoms with Crippen LogP contribution in [0.1, 0.15) is 26.7 Å². The summed E-state index contributed by atoms with van der Waals surface area (Å²) < 4.78 is 15.9. The Labute approximate surface area is 104 Å². The number of hydrogen-bond donors (Lipinski definition) is 1. The first-order valence-electron chi connectivity index (χ1n) is 6.14. The molecule has 0 aromatic rings. The molecular weight excluding hydrogens is 222 g/mol. The zero-order chi connectivity index (χ0) is 12.9. The molecule has 0 bridgehead atoms. The van der Waals surface area contributed by atoms with E-state index in [-0.39, 0.29) is 18.6 Å². The topological polar surface area (TPSA) is 56.8 Å². The van der Waals surface area contributed by atoms with Gasteiger partial charge in [0.15, 0.2) is 0 Å². The van der Waals surface area contributed by atoms with E-state index in [1.807, 2.05) is 13.8 Å². The number of nitrogens with one attached hydrogen (secondary N) is 1. The molecule has 0 atom stereocenters. The normalized spacial score (nSPS) is 10.8. The fourth-order valence-electron chi connectivity index (χ4n) is 1.08. The molecule has 102 valence electrons. The maximum Gasteiger partial charge on any atom is 0.245 e. The van der Waals surface area contributed by atoms with Gasteiger partial charge < -0.3 is 19.5 Å². The molecule has 0 radical (unpaired) electrons. The summed E-state index contributed by atoms with van der Waals surface area (Å²) >= 11 is 0. The SMILES string of the molecule is CNC(=O)COCCCOCCCOC(C)C. The van der Waals surface area contributed by atoms with Gasteiger partial charge >= 0.3 is 0 Å². The maximum atomic E-state index is 10.8. The van der Waals surface area contributed by atoms with Crippen LogP contribution in [0.15, 0.2) is 0 Å². The Hall–Kier alpha value is -0.650. The highest BCUT2D eigenvalue weighted by atomic mass is 16.5. The molecule has 0 fully saturated rings. The molecule has 5 nitrogen and oxygen atoms in total. The van der Waals surface area contributed by atoms with Crippen LogP contribution in [-0.4, -0.2) is 52.1 Å². The van der Waals surface area contributed by atoms with Gasteiger partial charge in [-0.15, -0.1) is 0 Å². The summed E-state index contributed by atoms with van der Waals surface area (Å²) in [6.45, 7) is 6.83. The van der Waals surface area contributed by atoms with Crippen molar-refractivity contribution in [2.45, 2.75) is 32.8 Å². The van der Waals surface area contributed by atoms with Gasteiger partial charge in [0.1, 0.15) is 6.61 Å². The highest BCUT2D eigenvalue weighted by Crippen LogP contribution is 1.92. The molecule has 0 aliphatic rings. The van der Waals surface area contributed by atoms with Crippen LogP contribution in [0.25, 0.3) is 0 Å². The molecule has 5 heteroatoms. The smallest absolute Gasteiger partial charge is 0.245 e. The van der Waals surface area contributed by atoms with Gasteiger partial charge in [0, 0.05) is 33.5 Å². The van der Waals surface area contributed by atoms with Crippen molar-refractivity contribution in [3.8, 4) is 0 Å². The van der Waals surface area contributed by atoms with Crippen molar-refractivity contribution in [2.75, 3.05) is 40.1 Å². The Morgan fingerprint density at radius 2 is 1.65 bits per heavy atom. The lowest BCUT2D eigenvalue weighted by atomic mass is 10.4. The van der Waals surface area contributed by atoms with E-state index in [0.29, 0.717) is 19.8 Å². The molecule has 0 aliphatic heterocycles. The Kier molecular flexibility index (Phi) is 11.4. The summed E-state index contributed by atoms with van der Waals surface area (Å²) in [6.07, 6.45) is 2.01. The largest absolute Gasteiger partial charge is 0.381 e. The molecule has 0 spiro atoms. The lowest BCUT2D eigenvalue weighted by Crippen LogP contribution is -2.23. The highest BCUT2D eigenvalue weighted by Gasteiger charge is 1.97. The second-order valence-electron chi connectivity index (χ2n) is 3.96. The molecular formula is C12H25NO4. The minimum atomic E-state index is -0.100. The number of likely N-dealkylation sites (N-methyl/N-ethyl adjacent to an activating group) is 1. The van der Waals surface area contributed by atoms with E-state index in [9.17, 15) is 4.79 Å². The van der Waals surface area contributed by atoms with E-state index in [4.69, 9.17) is 14.2 Å². The van der Waals surface area contributed by atoms with Crippen LogP contribution in [0.5, 0.6) is 0 Å². The van der Waals surface area contributed by atoms with Crippen LogP contribution >= 0.6 is 0 Å². The van der Waals surface area contributed by atoms with Crippen molar-refractivity contribution in [1.82, 2.24) is 5.32 Å². The van der Waals surface area contributed by atoms with Crippen LogP contribution in [0, 0.1) is 0 Å². The van der Waals surface area contributed by atoms with Crippen LogP contribution in [0.3, 0.4) is 0 Å². The van der Waals surface area contributed by atoms with Gasteiger partial charge in [-0.1, -0.05) is 0 Å². The first-order valence-corrected chi connectivity index (χ1v) is 6.14. The van der Waals surface area contributed by atoms with Gasteiger partial charge in [0.25, 0.3) is 0 Å². The van der Waals surface area contributed by atoms with Gasteiger partial charge in [0.05, 0.1) is 6.10 Å². The second kappa shape index (κ2) is 11.8. The third-order valence-corrected chi connectivity index (χ3v) is 1.97. The summed E-state index contributed by atoms with van der Waals surface area (Å²) in [6, 6.07) is 0. The molecule has 1 N–H and O–H groups in total. The van der Waals surface area contributed by atoms with Crippen molar-refractivity contribution in [3.63, 3.8) is 0 Å². The van der Waals surface area contributed by atoms with Crippen LogP contribution < -0.4 is 5.32 Å². The Balaban J connectivity index is 3.01. The minimum Gasteiger partial charge on any atom is -0.381 e. The third-order valence-electron chi connectivity index (χ3n) is 1.97. The number of carbonyl (C=O) groups is 1. The summed E-state index contributed by atoms with van der Waals surface area (Å²) in [4.78, 5) is 10.8. The Morgan fingerprint density at radius 1 is 1.06 bits per heavy atom. The molecule has 0 aromatic heterocycles. The molecule has 0 saturated carbocycles. The molecule has 0 aliphatic carbocycles. The average molecular weight is 247 g/mol. The number of carbonyl (C=O) groups excluding carboxylic acids is 1. The summed E-state index contributed by atoms with van der Waals surface area (Å²) in [7, 11) is 1.59. The van der Waals surface area contributed by atoms with E-state index in [0.717, 1.165) is 19.4 Å². The van der Waals surface area contributed by atoms with Crippen LogP contribution in [-0.2, 0) is 19.0 Å². The first kappa shape index (κ1) is 16.4. The van der Waals surface area contributed by atoms with E-state index < -0.39 is 0 Å². The monoisotopic (exact) mass is 247 g/mol. The number of hydrogen-bond acceptors (Lipinski definition) is 4. The van der Waals surface area contributed by atoms with Crippen molar-refractivity contribution >= 4 is 5.91 Å². The minimum absolute atomic E-state index is 0.100. The molecule has 0 saturated heterocycles. The van der Waals surface area contributed by atoms with Gasteiger partial charge in [0.2, 0.25) is 5.91 Å². The van der Waals surface area contributed by atoms with Crippen molar-refractivity contribution in [1.29, 1.82) is 0 Å². The zero-order valence-corrected chi connectivity index (χ0v) is 11.2. The maximum absolute atomic E-state index is 10.8. The second-order valence-corrected chi connectivity index (χ2v) is 3.96. The van der Waals surface area contributed by atoms with Crippen molar-refractivity contribution in [2.24, 2.45) is 0 Å². The first-order chi connectivity index (χ1) is 8.16. The third kappa shape index (κ3) is 13.3. The summed E-state index contributed by atoms with van der Waals surface area (Å²) in [5.41, 5.74) is 0. The predicted molar refractivity (Wildman–Crippen MR) is 66.0 cm³/mol. The molecule has 0 heterocycles. The Bertz CT molecular complexity index is 185. The summed E-state index contributed by atoms with van der Waals surface area (Å²) in [5.74, 6) is -0.100. The standard InChI is InChI=1S/C12H25NO4/c1-11(2)17-9-5-7-15-6-4-8-16-10-12(14)13-3/h11H,4-10H2,1-3H3,(H,13,14). The fraction of sp³-hybridized carbons (Fsp3) is 0.917. The number of rotatable bonds is 11. The Morgan fingerprint density at radius 3 is 2.24 bits per heavy atom. The van der Waals surface area contributed by atoms with Crippen molar-refractivity contribution < 1.29 is 19.0 Å². The quantitative estimate of drug-likeness (QED) is 0.553. The van der Waals surface area contributed by atoms with Gasteiger partial charge in [-0.3, -0.25) is 4.79 Å². The predicted octanol–water partition coefficient (Wildman–Crippen LogP) is 0.971. The lowest BCUT2D eigenvalue weighted by Gasteiger charge is -2.08. The average Bonchev–Trinajstić information content (AvgIpc) is 2.30. The van der Waals surface area contributed by atoms with Gasteiger partial charge in [-0.05, 0) is 26.7 Å². The van der Waals surface area contributed by atoms with E-state index in [2.05, 4.69) is 5.32 Å². The number of ether oxygens (including phenoxy) is 3. The van der Waals surface area contributed by atoms with E-state index in [1.54, 1.807) is 7.05 Å². The molecule has 1 amide bonds. The van der Waals surface area contributed by atoms with Crippen LogP contribution in [0.2, 0.25) is 0 Å². The zero-order valence-electron chi connectivity index (χ0n) is 11.2. The number of amides is 1. The molecule has 0 rings (SSSR count). The lowest BCUT2D eigenvalue weighted by molar-refractivity contribution is -0.125. The molecule has 0 unspecified atom stereocenters. The van der Waals surface area contributed by atoms with E-state index in [1.165, 1.54) is 0 Å². The van der Waals surface area contributed by atoms with Gasteiger partial charge in [-0.2, -0.15) is 0 Å².